The fourth-order valence-electron chi connectivity index (χ4n) is 2.02. The number of nitro benzene ring substituents is 1. The second-order valence-corrected chi connectivity index (χ2v) is 6.85. The molecule has 2 aromatic carbocycles. The third kappa shape index (κ3) is 3.69. The monoisotopic (exact) mass is 350 g/mol. The highest BCUT2D eigenvalue weighted by Gasteiger charge is 2.27. The van der Waals surface area contributed by atoms with Gasteiger partial charge in [0.05, 0.1) is 15.5 Å². The molecule has 2 aromatic rings. The van der Waals surface area contributed by atoms with E-state index in [0.29, 0.717) is 0 Å². The van der Waals surface area contributed by atoms with Gasteiger partial charge in [-0.2, -0.15) is 0 Å². The zero-order valence-corrected chi connectivity index (χ0v) is 13.4. The summed E-state index contributed by atoms with van der Waals surface area (Å²) in [5.74, 6) is -1.32. The number of aliphatic carboxylic acids is 1. The van der Waals surface area contributed by atoms with E-state index in [0.717, 1.165) is 34.1 Å². The Bertz CT molecular complexity index is 860. The van der Waals surface area contributed by atoms with E-state index in [4.69, 9.17) is 5.11 Å². The lowest BCUT2D eigenvalue weighted by Gasteiger charge is -2.22. The number of carboxylic acid groups (broad SMARTS) is 1. The van der Waals surface area contributed by atoms with Crippen LogP contribution >= 0.6 is 0 Å². The Morgan fingerprint density at radius 2 is 1.67 bits per heavy atom. The number of benzene rings is 2. The van der Waals surface area contributed by atoms with E-state index in [1.54, 1.807) is 12.1 Å². The zero-order chi connectivity index (χ0) is 17.9. The molecule has 0 aliphatic carbocycles. The molecule has 0 saturated carbocycles. The van der Waals surface area contributed by atoms with Gasteiger partial charge in [0.25, 0.3) is 15.7 Å². The molecule has 2 rings (SSSR count). The molecule has 0 aliphatic heterocycles. The summed E-state index contributed by atoms with van der Waals surface area (Å²) in [6.07, 6.45) is 0. The topological polar surface area (TPSA) is 118 Å². The van der Waals surface area contributed by atoms with Crippen LogP contribution in [-0.2, 0) is 14.8 Å². The van der Waals surface area contributed by atoms with Gasteiger partial charge >= 0.3 is 5.97 Å². The molecular formula is C15H14N2O6S. The van der Waals surface area contributed by atoms with Gasteiger partial charge in [-0.25, -0.2) is 8.42 Å². The zero-order valence-electron chi connectivity index (χ0n) is 12.6. The van der Waals surface area contributed by atoms with Gasteiger partial charge in [0.15, 0.2) is 0 Å². The number of rotatable bonds is 6. The van der Waals surface area contributed by atoms with Crippen LogP contribution in [0.4, 0.5) is 11.4 Å². The van der Waals surface area contributed by atoms with Gasteiger partial charge in [-0.15, -0.1) is 0 Å². The number of nitro groups is 1. The minimum Gasteiger partial charge on any atom is -0.480 e. The summed E-state index contributed by atoms with van der Waals surface area (Å²) in [5.41, 5.74) is 0.831. The van der Waals surface area contributed by atoms with Gasteiger partial charge in [-0.1, -0.05) is 17.7 Å². The van der Waals surface area contributed by atoms with Gasteiger partial charge in [0.2, 0.25) is 0 Å². The third-order valence-electron chi connectivity index (χ3n) is 3.24. The normalized spacial score (nSPS) is 11.0. The maximum Gasteiger partial charge on any atom is 0.324 e. The van der Waals surface area contributed by atoms with Crippen LogP contribution in [-0.4, -0.2) is 31.0 Å². The van der Waals surface area contributed by atoms with E-state index in [1.165, 1.54) is 12.1 Å². The molecular weight excluding hydrogens is 336 g/mol. The van der Waals surface area contributed by atoms with Crippen molar-refractivity contribution in [3.8, 4) is 0 Å². The van der Waals surface area contributed by atoms with E-state index >= 15 is 0 Å². The fourth-order valence-corrected chi connectivity index (χ4v) is 3.43. The molecule has 0 aliphatic rings. The summed E-state index contributed by atoms with van der Waals surface area (Å²) in [6, 6.07) is 10.6. The molecule has 0 atom stereocenters. The number of non-ortho nitro benzene ring substituents is 1. The highest BCUT2D eigenvalue weighted by Crippen LogP contribution is 2.25. The standard InChI is InChI=1S/C15H14N2O6S/c1-11-2-4-12(5-3-11)16(10-15(18)19)24(22,23)14-8-6-13(7-9-14)17(20)21/h2-9H,10H2,1H3,(H,18,19). The Kier molecular flexibility index (Phi) is 4.84. The lowest BCUT2D eigenvalue weighted by Crippen LogP contribution is -2.35. The molecule has 0 saturated heterocycles. The van der Waals surface area contributed by atoms with Crippen molar-refractivity contribution >= 4 is 27.4 Å². The number of carboxylic acids is 1. The number of hydrogen-bond acceptors (Lipinski definition) is 5. The molecule has 0 bridgehead atoms. The number of sulfonamides is 1. The third-order valence-corrected chi connectivity index (χ3v) is 5.02. The summed E-state index contributed by atoms with van der Waals surface area (Å²) in [4.78, 5) is 20.9. The van der Waals surface area contributed by atoms with Crippen LogP contribution in [0.1, 0.15) is 5.56 Å². The molecule has 0 aromatic heterocycles. The van der Waals surface area contributed by atoms with Crippen molar-refractivity contribution in [1.29, 1.82) is 0 Å². The number of carbonyl (C=O) groups is 1. The number of hydrogen-bond donors (Lipinski definition) is 1. The first kappa shape index (κ1) is 17.4. The summed E-state index contributed by atoms with van der Waals surface area (Å²) >= 11 is 0. The minimum absolute atomic E-state index is 0.196. The van der Waals surface area contributed by atoms with E-state index in [-0.39, 0.29) is 16.3 Å². The van der Waals surface area contributed by atoms with Crippen molar-refractivity contribution in [3.63, 3.8) is 0 Å². The predicted octanol–water partition coefficient (Wildman–Crippen LogP) is 2.18. The quantitative estimate of drug-likeness (QED) is 0.630. The van der Waals surface area contributed by atoms with Crippen LogP contribution in [0, 0.1) is 17.0 Å². The van der Waals surface area contributed by atoms with Gasteiger partial charge < -0.3 is 5.11 Å². The van der Waals surface area contributed by atoms with Gasteiger partial charge in [0.1, 0.15) is 6.54 Å². The highest BCUT2D eigenvalue weighted by atomic mass is 32.2. The van der Waals surface area contributed by atoms with Crippen LogP contribution in [0.25, 0.3) is 0 Å². The van der Waals surface area contributed by atoms with E-state index in [1.807, 2.05) is 6.92 Å². The number of anilines is 1. The maximum atomic E-state index is 12.7. The number of aryl methyl sites for hydroxylation is 1. The van der Waals surface area contributed by atoms with Gasteiger partial charge in [0, 0.05) is 12.1 Å². The average molecular weight is 350 g/mol. The Balaban J connectivity index is 2.48. The molecule has 0 amide bonds. The van der Waals surface area contributed by atoms with Crippen molar-refractivity contribution in [2.75, 3.05) is 10.8 Å². The van der Waals surface area contributed by atoms with Crippen LogP contribution in [0.5, 0.6) is 0 Å². The van der Waals surface area contributed by atoms with Crippen molar-refractivity contribution in [2.45, 2.75) is 11.8 Å². The second kappa shape index (κ2) is 6.67. The first-order chi connectivity index (χ1) is 11.2. The first-order valence-corrected chi connectivity index (χ1v) is 8.21. The molecule has 8 nitrogen and oxygen atoms in total. The van der Waals surface area contributed by atoms with Crippen LogP contribution in [0.2, 0.25) is 0 Å². The summed E-state index contributed by atoms with van der Waals surface area (Å²) < 4.78 is 26.2. The lowest BCUT2D eigenvalue weighted by molar-refractivity contribution is -0.384. The van der Waals surface area contributed by atoms with E-state index in [2.05, 4.69) is 0 Å². The molecule has 0 spiro atoms. The lowest BCUT2D eigenvalue weighted by atomic mass is 10.2. The predicted molar refractivity (Wildman–Crippen MR) is 86.4 cm³/mol. The molecule has 0 heterocycles. The largest absolute Gasteiger partial charge is 0.480 e. The second-order valence-electron chi connectivity index (χ2n) is 4.99. The Labute approximate surface area is 138 Å². The van der Waals surface area contributed by atoms with Crippen LogP contribution < -0.4 is 4.31 Å². The molecule has 1 N–H and O–H groups in total. The minimum atomic E-state index is -4.17. The van der Waals surface area contributed by atoms with Crippen molar-refractivity contribution < 1.29 is 23.2 Å². The van der Waals surface area contributed by atoms with Crippen molar-refractivity contribution in [1.82, 2.24) is 0 Å². The van der Waals surface area contributed by atoms with Crippen molar-refractivity contribution in [3.05, 3.63) is 64.2 Å². The molecule has 9 heteroatoms. The molecule has 0 radical (unpaired) electrons. The maximum absolute atomic E-state index is 12.7. The molecule has 0 unspecified atom stereocenters. The smallest absolute Gasteiger partial charge is 0.324 e. The van der Waals surface area contributed by atoms with Crippen LogP contribution in [0.15, 0.2) is 53.4 Å². The van der Waals surface area contributed by atoms with E-state index in [9.17, 15) is 23.3 Å². The molecule has 126 valence electrons. The summed E-state index contributed by atoms with van der Waals surface area (Å²) in [7, 11) is -4.17. The summed E-state index contributed by atoms with van der Waals surface area (Å²) in [5, 5.41) is 19.7. The highest BCUT2D eigenvalue weighted by molar-refractivity contribution is 7.92. The van der Waals surface area contributed by atoms with Gasteiger partial charge in [-0.05, 0) is 31.2 Å². The molecule has 0 fully saturated rings. The Morgan fingerprint density at radius 3 is 2.12 bits per heavy atom. The SMILES string of the molecule is Cc1ccc(N(CC(=O)O)S(=O)(=O)c2ccc([N+](=O)[O-])cc2)cc1. The van der Waals surface area contributed by atoms with E-state index < -0.39 is 27.5 Å². The van der Waals surface area contributed by atoms with Crippen molar-refractivity contribution in [2.24, 2.45) is 0 Å². The van der Waals surface area contributed by atoms with Gasteiger partial charge in [-0.3, -0.25) is 19.2 Å². The first-order valence-electron chi connectivity index (χ1n) is 6.77. The fraction of sp³-hybridized carbons (Fsp3) is 0.133. The summed E-state index contributed by atoms with van der Waals surface area (Å²) in [6.45, 7) is 1.05. The molecule has 24 heavy (non-hydrogen) atoms. The Morgan fingerprint density at radius 1 is 1.12 bits per heavy atom. The average Bonchev–Trinajstić information content (AvgIpc) is 2.53. The van der Waals surface area contributed by atoms with Crippen LogP contribution in [0.3, 0.4) is 0 Å². The number of nitrogens with zero attached hydrogens (tertiary/aromatic N) is 2. The Hall–Kier alpha value is -2.94.